The molecule has 7 heteroatoms. The highest BCUT2D eigenvalue weighted by molar-refractivity contribution is 7.89. The third-order valence-corrected chi connectivity index (χ3v) is 5.28. The van der Waals surface area contributed by atoms with E-state index in [1.165, 1.54) is 19.3 Å². The SMILES string of the molecule is CNCc1cn[nH]c1S(=O)(=O)NC1CCCCCCC1. The fourth-order valence-corrected chi connectivity index (χ4v) is 4.14. The maximum Gasteiger partial charge on any atom is 0.258 e. The van der Waals surface area contributed by atoms with Crippen LogP contribution in [0.25, 0.3) is 0 Å². The number of hydrogen-bond donors (Lipinski definition) is 3. The van der Waals surface area contributed by atoms with E-state index in [0.29, 0.717) is 12.1 Å². The van der Waals surface area contributed by atoms with Crippen molar-refractivity contribution in [1.82, 2.24) is 20.2 Å². The minimum absolute atomic E-state index is 0.0473. The van der Waals surface area contributed by atoms with Gasteiger partial charge in [-0.15, -0.1) is 0 Å². The van der Waals surface area contributed by atoms with Gasteiger partial charge in [-0.3, -0.25) is 5.10 Å². The molecule has 1 aromatic heterocycles. The number of nitrogens with zero attached hydrogens (tertiary/aromatic N) is 1. The molecule has 0 spiro atoms. The molecule has 0 radical (unpaired) electrons. The van der Waals surface area contributed by atoms with Crippen LogP contribution in [0, 0.1) is 0 Å². The molecule has 1 aliphatic carbocycles. The minimum atomic E-state index is -3.51. The van der Waals surface area contributed by atoms with Crippen molar-refractivity contribution < 1.29 is 8.42 Å². The van der Waals surface area contributed by atoms with E-state index in [2.05, 4.69) is 20.2 Å². The van der Waals surface area contributed by atoms with Crippen LogP contribution in [0.5, 0.6) is 0 Å². The van der Waals surface area contributed by atoms with Gasteiger partial charge in [-0.25, -0.2) is 13.1 Å². The number of aromatic nitrogens is 2. The van der Waals surface area contributed by atoms with Gasteiger partial charge < -0.3 is 5.32 Å². The molecule has 6 nitrogen and oxygen atoms in total. The summed E-state index contributed by atoms with van der Waals surface area (Å²) in [5, 5.41) is 9.60. The highest BCUT2D eigenvalue weighted by Crippen LogP contribution is 2.19. The first-order chi connectivity index (χ1) is 9.63. The second-order valence-electron chi connectivity index (χ2n) is 5.42. The van der Waals surface area contributed by atoms with Gasteiger partial charge in [0.1, 0.15) is 0 Å². The average Bonchev–Trinajstić information content (AvgIpc) is 2.82. The standard InChI is InChI=1S/C13H24N4O2S/c1-14-9-11-10-15-16-13(11)20(18,19)17-12-7-5-3-2-4-6-8-12/h10,12,14,17H,2-9H2,1H3,(H,15,16). The van der Waals surface area contributed by atoms with E-state index in [4.69, 9.17) is 0 Å². The first-order valence-electron chi connectivity index (χ1n) is 7.32. The highest BCUT2D eigenvalue weighted by Gasteiger charge is 2.24. The van der Waals surface area contributed by atoms with E-state index < -0.39 is 10.0 Å². The Morgan fingerprint density at radius 1 is 1.25 bits per heavy atom. The van der Waals surface area contributed by atoms with Gasteiger partial charge in [0, 0.05) is 18.2 Å². The molecular weight excluding hydrogens is 276 g/mol. The van der Waals surface area contributed by atoms with Crippen LogP contribution in [0.1, 0.15) is 50.5 Å². The van der Waals surface area contributed by atoms with Crippen molar-refractivity contribution in [2.75, 3.05) is 7.05 Å². The molecule has 0 unspecified atom stereocenters. The van der Waals surface area contributed by atoms with Crippen molar-refractivity contribution in [2.45, 2.75) is 62.6 Å². The molecule has 2 rings (SSSR count). The third kappa shape index (κ3) is 4.04. The van der Waals surface area contributed by atoms with Crippen molar-refractivity contribution in [1.29, 1.82) is 0 Å². The van der Waals surface area contributed by atoms with Crippen molar-refractivity contribution >= 4 is 10.0 Å². The number of H-pyrrole nitrogens is 1. The van der Waals surface area contributed by atoms with Crippen molar-refractivity contribution in [3.8, 4) is 0 Å². The summed E-state index contributed by atoms with van der Waals surface area (Å²) >= 11 is 0. The van der Waals surface area contributed by atoms with Crippen LogP contribution in [0.4, 0.5) is 0 Å². The number of nitrogens with one attached hydrogen (secondary N) is 3. The van der Waals surface area contributed by atoms with Crippen LogP contribution in [-0.2, 0) is 16.6 Å². The average molecular weight is 300 g/mol. The molecule has 0 atom stereocenters. The van der Waals surface area contributed by atoms with Crippen LogP contribution >= 0.6 is 0 Å². The van der Waals surface area contributed by atoms with Gasteiger partial charge in [0.15, 0.2) is 5.03 Å². The quantitative estimate of drug-likeness (QED) is 0.769. The van der Waals surface area contributed by atoms with E-state index in [9.17, 15) is 8.42 Å². The zero-order chi connectivity index (χ0) is 14.4. The molecule has 0 bridgehead atoms. The molecule has 0 saturated heterocycles. The van der Waals surface area contributed by atoms with Gasteiger partial charge in [-0.1, -0.05) is 32.1 Å². The lowest BCUT2D eigenvalue weighted by Crippen LogP contribution is -2.36. The maximum atomic E-state index is 12.4. The molecule has 20 heavy (non-hydrogen) atoms. The molecule has 0 aromatic carbocycles. The zero-order valence-electron chi connectivity index (χ0n) is 12.0. The zero-order valence-corrected chi connectivity index (χ0v) is 12.8. The minimum Gasteiger partial charge on any atom is -0.316 e. The molecule has 0 aliphatic heterocycles. The monoisotopic (exact) mass is 300 g/mol. The first-order valence-corrected chi connectivity index (χ1v) is 8.81. The lowest BCUT2D eigenvalue weighted by molar-refractivity contribution is 0.425. The smallest absolute Gasteiger partial charge is 0.258 e. The Kier molecular flexibility index (Phi) is 5.56. The van der Waals surface area contributed by atoms with Gasteiger partial charge in [-0.2, -0.15) is 5.10 Å². The van der Waals surface area contributed by atoms with E-state index in [1.807, 2.05) is 0 Å². The van der Waals surface area contributed by atoms with Crippen LogP contribution in [-0.4, -0.2) is 31.7 Å². The van der Waals surface area contributed by atoms with Gasteiger partial charge in [0.25, 0.3) is 10.0 Å². The summed E-state index contributed by atoms with van der Waals surface area (Å²) in [5.74, 6) is 0. The van der Waals surface area contributed by atoms with Crippen LogP contribution in [0.3, 0.4) is 0 Å². The Balaban J connectivity index is 2.07. The molecule has 1 saturated carbocycles. The van der Waals surface area contributed by atoms with Gasteiger partial charge in [0.05, 0.1) is 6.20 Å². The topological polar surface area (TPSA) is 86.9 Å². The van der Waals surface area contributed by atoms with Gasteiger partial charge in [-0.05, 0) is 19.9 Å². The molecule has 0 amide bonds. The Hall–Kier alpha value is -0.920. The maximum absolute atomic E-state index is 12.4. The second-order valence-corrected chi connectivity index (χ2v) is 7.07. The first kappa shape index (κ1) is 15.5. The molecule has 3 N–H and O–H groups in total. The molecule has 1 aliphatic rings. The number of hydrogen-bond acceptors (Lipinski definition) is 4. The van der Waals surface area contributed by atoms with Crippen molar-refractivity contribution in [3.05, 3.63) is 11.8 Å². The van der Waals surface area contributed by atoms with E-state index in [0.717, 1.165) is 25.7 Å². The second kappa shape index (κ2) is 7.19. The lowest BCUT2D eigenvalue weighted by Gasteiger charge is -2.20. The molecule has 114 valence electrons. The Morgan fingerprint density at radius 2 is 1.90 bits per heavy atom. The number of sulfonamides is 1. The van der Waals surface area contributed by atoms with Crippen molar-refractivity contribution in [2.24, 2.45) is 0 Å². The number of aromatic amines is 1. The largest absolute Gasteiger partial charge is 0.316 e. The lowest BCUT2D eigenvalue weighted by atomic mass is 9.97. The highest BCUT2D eigenvalue weighted by atomic mass is 32.2. The predicted octanol–water partition coefficient (Wildman–Crippen LogP) is 1.52. The molecule has 1 fully saturated rings. The summed E-state index contributed by atoms with van der Waals surface area (Å²) in [6.07, 6.45) is 9.28. The fraction of sp³-hybridized carbons (Fsp3) is 0.769. The summed E-state index contributed by atoms with van der Waals surface area (Å²) in [7, 11) is -1.72. The Morgan fingerprint density at radius 3 is 2.55 bits per heavy atom. The number of rotatable bonds is 5. The molecule has 1 heterocycles. The van der Waals surface area contributed by atoms with E-state index >= 15 is 0 Å². The van der Waals surface area contributed by atoms with E-state index in [1.54, 1.807) is 13.2 Å². The van der Waals surface area contributed by atoms with Crippen LogP contribution in [0.15, 0.2) is 11.2 Å². The van der Waals surface area contributed by atoms with Crippen LogP contribution in [0.2, 0.25) is 0 Å². The predicted molar refractivity (Wildman–Crippen MR) is 77.8 cm³/mol. The van der Waals surface area contributed by atoms with Gasteiger partial charge in [0.2, 0.25) is 0 Å². The summed E-state index contributed by atoms with van der Waals surface area (Å²) in [4.78, 5) is 0. The summed E-state index contributed by atoms with van der Waals surface area (Å²) in [5.41, 5.74) is 0.672. The third-order valence-electron chi connectivity index (χ3n) is 3.74. The van der Waals surface area contributed by atoms with Crippen LogP contribution < -0.4 is 10.0 Å². The Labute approximate surface area is 120 Å². The Bertz CT molecular complexity index is 504. The fourth-order valence-electron chi connectivity index (χ4n) is 2.70. The van der Waals surface area contributed by atoms with Gasteiger partial charge >= 0.3 is 0 Å². The summed E-state index contributed by atoms with van der Waals surface area (Å²) in [6, 6.07) is 0.0473. The summed E-state index contributed by atoms with van der Waals surface area (Å²) in [6.45, 7) is 0.484. The van der Waals surface area contributed by atoms with E-state index in [-0.39, 0.29) is 11.1 Å². The molecule has 1 aromatic rings. The van der Waals surface area contributed by atoms with Crippen molar-refractivity contribution in [3.63, 3.8) is 0 Å². The molecular formula is C13H24N4O2S. The summed E-state index contributed by atoms with van der Waals surface area (Å²) < 4.78 is 27.7. The normalized spacial score (nSPS) is 18.6.